The molecule has 0 bridgehead atoms. The van der Waals surface area contributed by atoms with Gasteiger partial charge in [-0.3, -0.25) is 0 Å². The Morgan fingerprint density at radius 1 is 1.33 bits per heavy atom. The van der Waals surface area contributed by atoms with Gasteiger partial charge in [-0.15, -0.1) is 11.6 Å². The molecule has 0 amide bonds. The molecule has 0 spiro atoms. The predicted molar refractivity (Wildman–Crippen MR) is 34.1 cm³/mol. The van der Waals surface area contributed by atoms with Gasteiger partial charge < -0.3 is 14.9 Å². The van der Waals surface area contributed by atoms with Crippen LogP contribution in [-0.2, 0) is 34.5 Å². The van der Waals surface area contributed by atoms with Crippen molar-refractivity contribution >= 4 is 28.1 Å². The molecule has 0 aromatic carbocycles. The summed E-state index contributed by atoms with van der Waals surface area (Å²) in [7, 11) is -6.47. The van der Waals surface area contributed by atoms with E-state index in [1.54, 1.807) is 0 Å². The molecule has 0 rings (SSSR count). The molecule has 2 atom stereocenters. The molecule has 2 unspecified atom stereocenters. The van der Waals surface area contributed by atoms with Crippen LogP contribution in [0.2, 0.25) is 0 Å². The Kier molecular flexibility index (Phi) is 22.7. The van der Waals surface area contributed by atoms with Crippen LogP contribution in [-0.4, -0.2) is 17.6 Å². The van der Waals surface area contributed by atoms with Crippen molar-refractivity contribution in [3.05, 3.63) is 0 Å². The van der Waals surface area contributed by atoms with E-state index in [1.165, 1.54) is 0 Å². The molecule has 0 heterocycles. The summed E-state index contributed by atoms with van der Waals surface area (Å²) in [5.41, 5.74) is 0. The quantitative estimate of drug-likeness (QED) is 0.478. The summed E-state index contributed by atoms with van der Waals surface area (Å²) in [6.07, 6.45) is 0. The standard InChI is InChI=1S/C2H5ClO.O5P2.Pt/c3-1-2-4;1-6(2)5-7(3)4;/h4H,1-2H2;;/q;;+2. The number of aliphatic hydroxyl groups excluding tert-OH is 1. The zero-order valence-electron chi connectivity index (χ0n) is 5.49. The maximum atomic E-state index is 9.24. The van der Waals surface area contributed by atoms with Gasteiger partial charge in [0.2, 0.25) is 0 Å². The van der Waals surface area contributed by atoms with Crippen LogP contribution < -0.4 is 9.79 Å². The van der Waals surface area contributed by atoms with Crippen molar-refractivity contribution < 1.29 is 49.4 Å². The van der Waals surface area contributed by atoms with Crippen LogP contribution in [0.1, 0.15) is 0 Å². The third-order valence-corrected chi connectivity index (χ3v) is 1.45. The topological polar surface area (TPSA) is 110 Å². The Labute approximate surface area is 90.1 Å². The maximum Gasteiger partial charge on any atom is 2.00 e. The Balaban J connectivity index is -0.000000142. The third kappa shape index (κ3) is 30.5. The number of hydrogen-bond donors (Lipinski definition) is 1. The zero-order chi connectivity index (χ0) is 9.28. The van der Waals surface area contributed by atoms with Gasteiger partial charge in [-0.25, -0.2) is 0 Å². The van der Waals surface area contributed by atoms with Crippen LogP contribution in [0.4, 0.5) is 0 Å². The first-order valence-electron chi connectivity index (χ1n) is 2.18. The van der Waals surface area contributed by atoms with E-state index in [2.05, 4.69) is 4.31 Å². The number of aliphatic hydroxyl groups is 1. The molecular weight excluding hydrogens is 412 g/mol. The maximum absolute atomic E-state index is 9.24. The van der Waals surface area contributed by atoms with Crippen LogP contribution >= 0.6 is 28.1 Å². The van der Waals surface area contributed by atoms with Gasteiger partial charge in [-0.2, -0.15) is 0 Å². The molecule has 1 N–H and O–H groups in total. The van der Waals surface area contributed by atoms with Crippen molar-refractivity contribution in [1.29, 1.82) is 0 Å². The van der Waals surface area contributed by atoms with Gasteiger partial charge in [0.05, 0.1) is 6.61 Å². The van der Waals surface area contributed by atoms with Crippen molar-refractivity contribution in [2.24, 2.45) is 0 Å². The minimum atomic E-state index is -3.24. The van der Waals surface area contributed by atoms with Crippen LogP contribution in [0.3, 0.4) is 0 Å². The van der Waals surface area contributed by atoms with E-state index in [0.29, 0.717) is 5.88 Å². The van der Waals surface area contributed by atoms with Crippen LogP contribution in [0.25, 0.3) is 0 Å². The molecule has 0 radical (unpaired) electrons. The monoisotopic (exact) mass is 417 g/mol. The normalized spacial score (nSPS) is 10.3. The van der Waals surface area contributed by atoms with Gasteiger partial charge in [0.25, 0.3) is 0 Å². The first-order chi connectivity index (χ1) is 5.04. The van der Waals surface area contributed by atoms with Crippen LogP contribution in [0.15, 0.2) is 0 Å². The fraction of sp³-hybridized carbons (Fsp3) is 1.00. The predicted octanol–water partition coefficient (Wildman–Crippen LogP) is -0.747. The summed E-state index contributed by atoms with van der Waals surface area (Å²) in [4.78, 5) is 18.5. The van der Waals surface area contributed by atoms with Gasteiger partial charge in [0.15, 0.2) is 0 Å². The molecule has 0 aromatic heterocycles. The second-order valence-corrected chi connectivity index (χ2v) is 2.87. The van der Waals surface area contributed by atoms with Crippen molar-refractivity contribution in [2.45, 2.75) is 0 Å². The molecule has 0 aromatic rings. The number of alkyl halides is 1. The Morgan fingerprint density at radius 2 is 1.58 bits per heavy atom. The van der Waals surface area contributed by atoms with Gasteiger partial charge in [0, 0.05) is 5.88 Å². The summed E-state index contributed by atoms with van der Waals surface area (Å²) >= 11 is 4.94. The van der Waals surface area contributed by atoms with Gasteiger partial charge >= 0.3 is 37.6 Å². The average Bonchev–Trinajstić information content (AvgIpc) is 1.85. The van der Waals surface area contributed by atoms with E-state index >= 15 is 0 Å². The Hall–Kier alpha value is 1.02. The van der Waals surface area contributed by atoms with E-state index in [-0.39, 0.29) is 27.7 Å². The number of hydrogen-bond acceptors (Lipinski definition) is 6. The first kappa shape index (κ1) is 18.7. The summed E-state index contributed by atoms with van der Waals surface area (Å²) in [6, 6.07) is 0. The molecule has 0 saturated heterocycles. The Bertz CT molecular complexity index is 119. The Morgan fingerprint density at radius 3 is 1.58 bits per heavy atom. The summed E-state index contributed by atoms with van der Waals surface area (Å²) < 4.78 is 21.6. The summed E-state index contributed by atoms with van der Waals surface area (Å²) in [5.74, 6) is 0.347. The van der Waals surface area contributed by atoms with Crippen LogP contribution in [0, 0.1) is 0 Å². The van der Waals surface area contributed by atoms with Crippen LogP contribution in [0.5, 0.6) is 0 Å². The average molecular weight is 418 g/mol. The van der Waals surface area contributed by atoms with E-state index < -0.39 is 16.5 Å². The molecule has 0 aliphatic carbocycles. The first-order valence-corrected chi connectivity index (χ1v) is 4.90. The molecule has 10 heteroatoms. The van der Waals surface area contributed by atoms with E-state index in [4.69, 9.17) is 16.7 Å². The number of rotatable bonds is 3. The molecule has 0 saturated carbocycles. The summed E-state index contributed by atoms with van der Waals surface area (Å²) in [5, 5.41) is 7.74. The van der Waals surface area contributed by atoms with Gasteiger partial charge in [-0.1, -0.05) is 0 Å². The SMILES string of the molecule is O=[P+]([O-])O[P+](=O)[O-].OCCCl.[Pt+2]. The second kappa shape index (κ2) is 14.5. The van der Waals surface area contributed by atoms with Crippen molar-refractivity contribution in [3.63, 3.8) is 0 Å². The second-order valence-electron chi connectivity index (χ2n) is 0.941. The van der Waals surface area contributed by atoms with Crippen molar-refractivity contribution in [3.8, 4) is 0 Å². The zero-order valence-corrected chi connectivity index (χ0v) is 10.3. The third-order valence-electron chi connectivity index (χ3n) is 0.218. The van der Waals surface area contributed by atoms with E-state index in [9.17, 15) is 18.9 Å². The molecule has 6 nitrogen and oxygen atoms in total. The van der Waals surface area contributed by atoms with E-state index in [1.807, 2.05) is 0 Å². The molecular formula is C2H5ClO6P2Pt+2. The van der Waals surface area contributed by atoms with Gasteiger partial charge in [-0.05, 0) is 9.13 Å². The fourth-order valence-corrected chi connectivity index (χ4v) is 0.490. The van der Waals surface area contributed by atoms with Crippen molar-refractivity contribution in [1.82, 2.24) is 0 Å². The summed E-state index contributed by atoms with van der Waals surface area (Å²) in [6.45, 7) is 0.0849. The number of halogens is 1. The fourth-order valence-electron chi connectivity index (χ4n) is 0.0544. The minimum Gasteiger partial charge on any atom is -0.563 e. The molecule has 74 valence electrons. The van der Waals surface area contributed by atoms with Gasteiger partial charge in [0.1, 0.15) is 4.31 Å². The molecule has 12 heavy (non-hydrogen) atoms. The van der Waals surface area contributed by atoms with E-state index in [0.717, 1.165) is 0 Å². The molecule has 0 aliphatic heterocycles. The molecule has 0 fully saturated rings. The smallest absolute Gasteiger partial charge is 0.563 e. The van der Waals surface area contributed by atoms with Crippen molar-refractivity contribution in [2.75, 3.05) is 12.5 Å². The molecule has 0 aliphatic rings. The largest absolute Gasteiger partial charge is 2.00 e. The minimum absolute atomic E-state index is 0.